The van der Waals surface area contributed by atoms with Crippen LogP contribution in [0.3, 0.4) is 0 Å². The van der Waals surface area contributed by atoms with Gasteiger partial charge >= 0.3 is 0 Å². The summed E-state index contributed by atoms with van der Waals surface area (Å²) in [5, 5.41) is 9.42. The summed E-state index contributed by atoms with van der Waals surface area (Å²) in [6, 6.07) is 0. The van der Waals surface area contributed by atoms with Crippen LogP contribution in [-0.4, -0.2) is 71.7 Å². The normalized spacial score (nSPS) is 26.6. The van der Waals surface area contributed by atoms with E-state index in [9.17, 15) is 5.11 Å². The predicted octanol–water partition coefficient (Wildman–Crippen LogP) is 0.276. The lowest BCUT2D eigenvalue weighted by Gasteiger charge is -2.34. The monoisotopic (exact) mass is 292 g/mol. The maximum atomic E-state index is 9.42. The van der Waals surface area contributed by atoms with Gasteiger partial charge in [-0.1, -0.05) is 0 Å². The molecular formula is C13H24O7. The molecule has 0 aromatic carbocycles. The number of hydrogen-bond donors (Lipinski definition) is 1. The van der Waals surface area contributed by atoms with Crippen molar-refractivity contribution in [3.63, 3.8) is 0 Å². The molecule has 118 valence electrons. The second-order valence-electron chi connectivity index (χ2n) is 4.35. The van der Waals surface area contributed by atoms with Gasteiger partial charge in [-0.3, -0.25) is 0 Å². The molecule has 0 radical (unpaired) electrons. The zero-order valence-corrected chi connectivity index (χ0v) is 12.2. The Morgan fingerprint density at radius 3 is 2.20 bits per heavy atom. The largest absolute Gasteiger partial charge is 0.392 e. The van der Waals surface area contributed by atoms with Crippen molar-refractivity contribution in [1.29, 1.82) is 0 Å². The second-order valence-corrected chi connectivity index (χ2v) is 4.35. The van der Waals surface area contributed by atoms with Gasteiger partial charge in [0.25, 0.3) is 0 Å². The molecule has 0 saturated heterocycles. The number of rotatable bonds is 10. The molecule has 0 aromatic heterocycles. The zero-order valence-electron chi connectivity index (χ0n) is 12.2. The van der Waals surface area contributed by atoms with Crippen molar-refractivity contribution >= 4 is 0 Å². The van der Waals surface area contributed by atoms with E-state index in [0.717, 1.165) is 5.57 Å². The molecule has 1 N–H and O–H groups in total. The highest BCUT2D eigenvalue weighted by molar-refractivity contribution is 5.17. The van der Waals surface area contributed by atoms with Gasteiger partial charge in [-0.15, -0.1) is 0 Å². The topological polar surface area (TPSA) is 75.6 Å². The standard InChI is InChI=1S/C13H24O7/c1-15-7-18-11-5-13(20-9-17-3)12(19-8-16-2)4-10(11)6-14/h4,11-14H,5-9H2,1-3H3/t11-,12+,13+/m0/s1. The molecule has 0 heterocycles. The average Bonchev–Trinajstić information content (AvgIpc) is 2.48. The van der Waals surface area contributed by atoms with Crippen LogP contribution in [0.2, 0.25) is 0 Å². The molecule has 0 bridgehead atoms. The second kappa shape index (κ2) is 10.2. The van der Waals surface area contributed by atoms with Crippen LogP contribution in [0, 0.1) is 0 Å². The fraction of sp³-hybridized carbons (Fsp3) is 0.846. The molecule has 0 aliphatic heterocycles. The molecule has 0 fully saturated rings. The molecule has 1 rings (SSSR count). The van der Waals surface area contributed by atoms with Crippen LogP contribution in [0.15, 0.2) is 11.6 Å². The number of hydrogen-bond acceptors (Lipinski definition) is 7. The van der Waals surface area contributed by atoms with Crippen LogP contribution in [0.4, 0.5) is 0 Å². The number of ether oxygens (including phenoxy) is 6. The average molecular weight is 292 g/mol. The summed E-state index contributed by atoms with van der Waals surface area (Å²) < 4.78 is 31.4. The Morgan fingerprint density at radius 2 is 1.60 bits per heavy atom. The molecule has 0 aromatic rings. The minimum Gasteiger partial charge on any atom is -0.392 e. The summed E-state index contributed by atoms with van der Waals surface area (Å²) in [7, 11) is 4.66. The van der Waals surface area contributed by atoms with Gasteiger partial charge in [0.1, 0.15) is 26.5 Å². The smallest absolute Gasteiger partial charge is 0.147 e. The summed E-state index contributed by atoms with van der Waals surface area (Å²) in [5.74, 6) is 0. The first-order valence-electron chi connectivity index (χ1n) is 6.39. The third kappa shape index (κ3) is 5.45. The SMILES string of the molecule is COCO[C@H]1C[C@@H](OCOC)[C@H](OCOC)C=C1CO. The Morgan fingerprint density at radius 1 is 1.00 bits per heavy atom. The first kappa shape index (κ1) is 17.5. The van der Waals surface area contributed by atoms with E-state index in [1.807, 2.05) is 6.08 Å². The summed E-state index contributed by atoms with van der Waals surface area (Å²) in [6.07, 6.45) is 1.55. The third-order valence-corrected chi connectivity index (χ3v) is 2.95. The number of aliphatic hydroxyl groups excluding tert-OH is 1. The van der Waals surface area contributed by atoms with Crippen molar-refractivity contribution in [2.75, 3.05) is 48.3 Å². The lowest BCUT2D eigenvalue weighted by molar-refractivity contribution is -0.164. The van der Waals surface area contributed by atoms with Crippen molar-refractivity contribution in [2.24, 2.45) is 0 Å². The quantitative estimate of drug-likeness (QED) is 0.458. The number of aliphatic hydroxyl groups is 1. The minimum atomic E-state index is -0.311. The van der Waals surface area contributed by atoms with Crippen molar-refractivity contribution in [3.8, 4) is 0 Å². The summed E-state index contributed by atoms with van der Waals surface area (Å²) in [4.78, 5) is 0. The van der Waals surface area contributed by atoms with Gasteiger partial charge in [-0.2, -0.15) is 0 Å². The number of methoxy groups -OCH3 is 3. The van der Waals surface area contributed by atoms with Gasteiger partial charge < -0.3 is 33.5 Å². The molecule has 7 nitrogen and oxygen atoms in total. The van der Waals surface area contributed by atoms with Crippen LogP contribution < -0.4 is 0 Å². The lowest BCUT2D eigenvalue weighted by atomic mass is 9.92. The highest BCUT2D eigenvalue weighted by Gasteiger charge is 2.33. The lowest BCUT2D eigenvalue weighted by Crippen LogP contribution is -2.41. The van der Waals surface area contributed by atoms with Crippen LogP contribution in [-0.2, 0) is 28.4 Å². The summed E-state index contributed by atoms with van der Waals surface area (Å²) in [6.45, 7) is 0.369. The van der Waals surface area contributed by atoms with E-state index >= 15 is 0 Å². The molecule has 0 spiro atoms. The van der Waals surface area contributed by atoms with Crippen molar-refractivity contribution in [2.45, 2.75) is 24.7 Å². The van der Waals surface area contributed by atoms with Crippen molar-refractivity contribution in [3.05, 3.63) is 11.6 Å². The highest BCUT2D eigenvalue weighted by Crippen LogP contribution is 2.26. The highest BCUT2D eigenvalue weighted by atomic mass is 16.7. The zero-order chi connectivity index (χ0) is 14.8. The maximum absolute atomic E-state index is 9.42. The molecule has 3 atom stereocenters. The van der Waals surface area contributed by atoms with E-state index < -0.39 is 0 Å². The van der Waals surface area contributed by atoms with Gasteiger partial charge in [0.15, 0.2) is 0 Å². The molecule has 0 amide bonds. The molecular weight excluding hydrogens is 268 g/mol. The van der Waals surface area contributed by atoms with Crippen LogP contribution in [0.25, 0.3) is 0 Å². The first-order valence-corrected chi connectivity index (χ1v) is 6.39. The van der Waals surface area contributed by atoms with Gasteiger partial charge in [0, 0.05) is 27.8 Å². The minimum absolute atomic E-state index is 0.0990. The molecule has 0 unspecified atom stereocenters. The van der Waals surface area contributed by atoms with Crippen molar-refractivity contribution < 1.29 is 33.5 Å². The van der Waals surface area contributed by atoms with Crippen LogP contribution >= 0.6 is 0 Å². The maximum Gasteiger partial charge on any atom is 0.147 e. The van der Waals surface area contributed by atoms with Gasteiger partial charge in [0.2, 0.25) is 0 Å². The van der Waals surface area contributed by atoms with E-state index in [-0.39, 0.29) is 45.3 Å². The fourth-order valence-electron chi connectivity index (χ4n) is 2.02. The van der Waals surface area contributed by atoms with E-state index in [1.54, 1.807) is 21.3 Å². The summed E-state index contributed by atoms with van der Waals surface area (Å²) in [5.41, 5.74) is 0.750. The Hall–Kier alpha value is -0.540. The van der Waals surface area contributed by atoms with Gasteiger partial charge in [0.05, 0.1) is 18.8 Å². The van der Waals surface area contributed by atoms with Crippen molar-refractivity contribution in [1.82, 2.24) is 0 Å². The molecule has 1 aliphatic carbocycles. The van der Waals surface area contributed by atoms with E-state index in [1.165, 1.54) is 0 Å². The third-order valence-electron chi connectivity index (χ3n) is 2.95. The Balaban J connectivity index is 2.71. The van der Waals surface area contributed by atoms with Crippen LogP contribution in [0.5, 0.6) is 0 Å². The molecule has 7 heteroatoms. The molecule has 1 aliphatic rings. The summed E-state index contributed by atoms with van der Waals surface area (Å²) >= 11 is 0. The first-order chi connectivity index (χ1) is 9.76. The van der Waals surface area contributed by atoms with E-state index in [0.29, 0.717) is 6.42 Å². The molecule has 20 heavy (non-hydrogen) atoms. The fourth-order valence-corrected chi connectivity index (χ4v) is 2.02. The van der Waals surface area contributed by atoms with E-state index in [2.05, 4.69) is 0 Å². The Kier molecular flexibility index (Phi) is 8.95. The Bertz CT molecular complexity index is 282. The molecule has 0 saturated carbocycles. The van der Waals surface area contributed by atoms with Gasteiger partial charge in [-0.25, -0.2) is 0 Å². The Labute approximate surface area is 119 Å². The van der Waals surface area contributed by atoms with Crippen LogP contribution in [0.1, 0.15) is 6.42 Å². The predicted molar refractivity (Wildman–Crippen MR) is 70.0 cm³/mol. The van der Waals surface area contributed by atoms with E-state index in [4.69, 9.17) is 28.4 Å². The van der Waals surface area contributed by atoms with Gasteiger partial charge in [-0.05, 0) is 11.6 Å².